The van der Waals surface area contributed by atoms with Gasteiger partial charge in [-0.2, -0.15) is 0 Å². The summed E-state index contributed by atoms with van der Waals surface area (Å²) in [4.78, 5) is 26.1. The molecule has 0 saturated heterocycles. The van der Waals surface area contributed by atoms with Crippen LogP contribution in [0.2, 0.25) is 0 Å². The van der Waals surface area contributed by atoms with E-state index >= 15 is 0 Å². The SMILES string of the molecule is NC(=O)c1cn2c(c1CCO)C(=O)N(Cc1ccc(F)cc1)CC2. The number of rotatable bonds is 5. The molecule has 24 heavy (non-hydrogen) atoms. The predicted molar refractivity (Wildman–Crippen MR) is 84.9 cm³/mol. The van der Waals surface area contributed by atoms with Gasteiger partial charge in [-0.1, -0.05) is 12.1 Å². The van der Waals surface area contributed by atoms with E-state index in [1.165, 1.54) is 12.1 Å². The molecule has 3 N–H and O–H groups in total. The van der Waals surface area contributed by atoms with Crippen molar-refractivity contribution in [2.45, 2.75) is 19.5 Å². The van der Waals surface area contributed by atoms with Crippen LogP contribution in [0, 0.1) is 5.82 Å². The summed E-state index contributed by atoms with van der Waals surface area (Å²) >= 11 is 0. The third-order valence-corrected chi connectivity index (χ3v) is 4.20. The van der Waals surface area contributed by atoms with E-state index in [1.54, 1.807) is 27.8 Å². The van der Waals surface area contributed by atoms with Crippen LogP contribution >= 0.6 is 0 Å². The largest absolute Gasteiger partial charge is 0.396 e. The highest BCUT2D eigenvalue weighted by atomic mass is 19.1. The Morgan fingerprint density at radius 2 is 1.96 bits per heavy atom. The van der Waals surface area contributed by atoms with Gasteiger partial charge in [0.2, 0.25) is 0 Å². The Bertz CT molecular complexity index is 783. The molecule has 0 bridgehead atoms. The molecule has 0 saturated carbocycles. The maximum Gasteiger partial charge on any atom is 0.271 e. The Morgan fingerprint density at radius 3 is 2.58 bits per heavy atom. The Hall–Kier alpha value is -2.67. The van der Waals surface area contributed by atoms with Crippen LogP contribution in [0.25, 0.3) is 0 Å². The van der Waals surface area contributed by atoms with E-state index in [4.69, 9.17) is 5.73 Å². The highest BCUT2D eigenvalue weighted by Gasteiger charge is 2.30. The number of hydrogen-bond acceptors (Lipinski definition) is 3. The van der Waals surface area contributed by atoms with Gasteiger partial charge >= 0.3 is 0 Å². The number of fused-ring (bicyclic) bond motifs is 1. The summed E-state index contributed by atoms with van der Waals surface area (Å²) in [6, 6.07) is 5.99. The first-order valence-corrected chi connectivity index (χ1v) is 7.67. The van der Waals surface area contributed by atoms with Crippen LogP contribution in [0.3, 0.4) is 0 Å². The summed E-state index contributed by atoms with van der Waals surface area (Å²) in [5, 5.41) is 9.24. The maximum absolute atomic E-state index is 13.0. The number of benzene rings is 1. The Kier molecular flexibility index (Phi) is 4.35. The molecule has 0 spiro atoms. The molecule has 0 atom stereocenters. The molecule has 2 amide bonds. The van der Waals surface area contributed by atoms with E-state index in [0.717, 1.165) is 5.56 Å². The second-order valence-electron chi connectivity index (χ2n) is 5.75. The molecule has 126 valence electrons. The molecule has 1 aliphatic heterocycles. The van der Waals surface area contributed by atoms with E-state index in [0.29, 0.717) is 30.9 Å². The number of carbonyl (C=O) groups excluding carboxylic acids is 2. The fraction of sp³-hybridized carbons (Fsp3) is 0.294. The molecule has 1 aliphatic rings. The Labute approximate surface area is 138 Å². The second kappa shape index (κ2) is 6.45. The van der Waals surface area contributed by atoms with Crippen LogP contribution in [-0.4, -0.2) is 39.5 Å². The first-order valence-electron chi connectivity index (χ1n) is 7.67. The zero-order valence-corrected chi connectivity index (χ0v) is 13.0. The van der Waals surface area contributed by atoms with Gasteiger partial charge in [0.25, 0.3) is 11.8 Å². The van der Waals surface area contributed by atoms with Crippen molar-refractivity contribution in [3.8, 4) is 0 Å². The van der Waals surface area contributed by atoms with Crippen molar-refractivity contribution < 1.29 is 19.1 Å². The molecule has 0 unspecified atom stereocenters. The van der Waals surface area contributed by atoms with E-state index in [9.17, 15) is 19.1 Å². The molecule has 7 heteroatoms. The summed E-state index contributed by atoms with van der Waals surface area (Å²) in [6.45, 7) is 1.19. The van der Waals surface area contributed by atoms with E-state index in [1.807, 2.05) is 0 Å². The second-order valence-corrected chi connectivity index (χ2v) is 5.75. The molecule has 2 aromatic rings. The van der Waals surface area contributed by atoms with Crippen molar-refractivity contribution in [1.82, 2.24) is 9.47 Å². The number of nitrogens with zero attached hydrogens (tertiary/aromatic N) is 2. The lowest BCUT2D eigenvalue weighted by Gasteiger charge is -2.29. The van der Waals surface area contributed by atoms with Crippen molar-refractivity contribution in [2.24, 2.45) is 5.73 Å². The van der Waals surface area contributed by atoms with Crippen molar-refractivity contribution >= 4 is 11.8 Å². The highest BCUT2D eigenvalue weighted by molar-refractivity contribution is 6.01. The zero-order valence-electron chi connectivity index (χ0n) is 13.0. The van der Waals surface area contributed by atoms with Gasteiger partial charge < -0.3 is 20.3 Å². The topological polar surface area (TPSA) is 88.6 Å². The first-order chi connectivity index (χ1) is 11.5. The molecular weight excluding hydrogens is 313 g/mol. The molecule has 1 aromatic carbocycles. The molecule has 0 fully saturated rings. The molecule has 3 rings (SSSR count). The van der Waals surface area contributed by atoms with E-state index in [2.05, 4.69) is 0 Å². The molecular formula is C17H18FN3O3. The minimum absolute atomic E-state index is 0.178. The van der Waals surface area contributed by atoms with Crippen molar-refractivity contribution in [3.63, 3.8) is 0 Å². The fourth-order valence-electron chi connectivity index (χ4n) is 3.05. The molecule has 0 aliphatic carbocycles. The zero-order chi connectivity index (χ0) is 17.3. The number of aromatic nitrogens is 1. The predicted octanol–water partition coefficient (Wildman–Crippen LogP) is 0.917. The van der Waals surface area contributed by atoms with Gasteiger partial charge in [0, 0.05) is 32.4 Å². The molecule has 1 aromatic heterocycles. The average molecular weight is 331 g/mol. The van der Waals surface area contributed by atoms with Crippen molar-refractivity contribution in [1.29, 1.82) is 0 Å². The molecule has 0 radical (unpaired) electrons. The van der Waals surface area contributed by atoms with Crippen LogP contribution in [0.4, 0.5) is 4.39 Å². The smallest absolute Gasteiger partial charge is 0.271 e. The molecule has 6 nitrogen and oxygen atoms in total. The third-order valence-electron chi connectivity index (χ3n) is 4.20. The van der Waals surface area contributed by atoms with Crippen LogP contribution in [-0.2, 0) is 19.5 Å². The normalized spacial score (nSPS) is 13.9. The van der Waals surface area contributed by atoms with Gasteiger partial charge in [0.15, 0.2) is 0 Å². The summed E-state index contributed by atoms with van der Waals surface area (Å²) in [6.07, 6.45) is 1.77. The van der Waals surface area contributed by atoms with Crippen LogP contribution in [0.1, 0.15) is 32.0 Å². The quantitative estimate of drug-likeness (QED) is 0.854. The first kappa shape index (κ1) is 16.2. The monoisotopic (exact) mass is 331 g/mol. The summed E-state index contributed by atoms with van der Waals surface area (Å²) in [5.74, 6) is -1.16. The number of amides is 2. The van der Waals surface area contributed by atoms with Gasteiger partial charge in [-0.05, 0) is 29.7 Å². The third kappa shape index (κ3) is 2.90. The standard InChI is InChI=1S/C17H18FN3O3/c18-12-3-1-11(2-4-12)9-21-7-6-20-10-14(16(19)23)13(5-8-22)15(20)17(21)24/h1-4,10,22H,5-9H2,(H2,19,23). The average Bonchev–Trinajstić information content (AvgIpc) is 2.92. The lowest BCUT2D eigenvalue weighted by Crippen LogP contribution is -2.40. The number of halogens is 1. The minimum Gasteiger partial charge on any atom is -0.396 e. The Morgan fingerprint density at radius 1 is 1.25 bits per heavy atom. The number of hydrogen-bond donors (Lipinski definition) is 2. The lowest BCUT2D eigenvalue weighted by atomic mass is 10.1. The van der Waals surface area contributed by atoms with Crippen molar-refractivity contribution in [3.05, 3.63) is 58.7 Å². The summed E-state index contributed by atoms with van der Waals surface area (Å²) in [5.41, 5.74) is 7.36. The number of aliphatic hydroxyl groups is 1. The van der Waals surface area contributed by atoms with E-state index < -0.39 is 5.91 Å². The van der Waals surface area contributed by atoms with Crippen LogP contribution in [0.15, 0.2) is 30.5 Å². The van der Waals surface area contributed by atoms with E-state index in [-0.39, 0.29) is 30.3 Å². The van der Waals surface area contributed by atoms with Crippen LogP contribution in [0.5, 0.6) is 0 Å². The van der Waals surface area contributed by atoms with Gasteiger partial charge in [-0.15, -0.1) is 0 Å². The summed E-state index contributed by atoms with van der Waals surface area (Å²) < 4.78 is 14.7. The number of carbonyl (C=O) groups is 2. The molecule has 2 heterocycles. The number of aliphatic hydroxyl groups excluding tert-OH is 1. The van der Waals surface area contributed by atoms with Gasteiger partial charge in [-0.3, -0.25) is 9.59 Å². The van der Waals surface area contributed by atoms with Gasteiger partial charge in [0.05, 0.1) is 5.56 Å². The highest BCUT2D eigenvalue weighted by Crippen LogP contribution is 2.24. The van der Waals surface area contributed by atoms with Gasteiger partial charge in [0.1, 0.15) is 11.5 Å². The fourth-order valence-corrected chi connectivity index (χ4v) is 3.05. The minimum atomic E-state index is -0.613. The number of nitrogens with two attached hydrogens (primary N) is 1. The lowest BCUT2D eigenvalue weighted by molar-refractivity contribution is 0.0689. The van der Waals surface area contributed by atoms with Gasteiger partial charge in [-0.25, -0.2) is 4.39 Å². The van der Waals surface area contributed by atoms with Crippen molar-refractivity contribution in [2.75, 3.05) is 13.2 Å². The number of primary amides is 1. The van der Waals surface area contributed by atoms with Crippen LogP contribution < -0.4 is 5.73 Å². The maximum atomic E-state index is 13.0. The Balaban J connectivity index is 1.91. The summed E-state index contributed by atoms with van der Waals surface area (Å²) in [7, 11) is 0.